The molecule has 0 radical (unpaired) electrons. The van der Waals surface area contributed by atoms with Gasteiger partial charge in [0, 0.05) is 25.8 Å². The van der Waals surface area contributed by atoms with Gasteiger partial charge in [0.1, 0.15) is 11.6 Å². The first-order chi connectivity index (χ1) is 12.0. The number of anilines is 1. The Morgan fingerprint density at radius 1 is 1.12 bits per heavy atom. The molecule has 2 heterocycles. The van der Waals surface area contributed by atoms with Crippen LogP contribution in [0.3, 0.4) is 0 Å². The minimum atomic E-state index is -3.41. The maximum absolute atomic E-state index is 12.9. The van der Waals surface area contributed by atoms with Crippen molar-refractivity contribution in [1.82, 2.24) is 9.71 Å². The summed E-state index contributed by atoms with van der Waals surface area (Å²) in [5.41, 5.74) is 0.582. The van der Waals surface area contributed by atoms with Crippen molar-refractivity contribution in [1.29, 1.82) is 0 Å². The average molecular weight is 363 g/mol. The number of benzene rings is 1. The van der Waals surface area contributed by atoms with Gasteiger partial charge >= 0.3 is 0 Å². The van der Waals surface area contributed by atoms with E-state index in [9.17, 15) is 12.8 Å². The van der Waals surface area contributed by atoms with Crippen molar-refractivity contribution >= 4 is 15.8 Å². The Morgan fingerprint density at radius 2 is 1.84 bits per heavy atom. The molecule has 0 aliphatic carbocycles. The number of rotatable bonds is 6. The smallest absolute Gasteiger partial charge is 0.215 e. The number of nitrogens with one attached hydrogen (secondary N) is 1. The summed E-state index contributed by atoms with van der Waals surface area (Å²) in [6.07, 6.45) is 3.64. The van der Waals surface area contributed by atoms with E-state index in [1.54, 1.807) is 6.20 Å². The molecule has 134 valence electrons. The van der Waals surface area contributed by atoms with Crippen molar-refractivity contribution in [3.63, 3.8) is 0 Å². The molecule has 1 N–H and O–H groups in total. The summed E-state index contributed by atoms with van der Waals surface area (Å²) < 4.78 is 40.0. The van der Waals surface area contributed by atoms with Gasteiger partial charge in [-0.25, -0.2) is 22.5 Å². The lowest BCUT2D eigenvalue weighted by atomic mass is 9.97. The van der Waals surface area contributed by atoms with Crippen molar-refractivity contribution in [3.05, 3.63) is 60.0 Å². The summed E-state index contributed by atoms with van der Waals surface area (Å²) in [6, 6.07) is 11.4. The number of sulfonamides is 1. The molecule has 0 unspecified atom stereocenters. The average Bonchev–Trinajstić information content (AvgIpc) is 2.63. The molecule has 3 rings (SSSR count). The van der Waals surface area contributed by atoms with Crippen LogP contribution in [0.5, 0.6) is 0 Å². The van der Waals surface area contributed by atoms with E-state index in [2.05, 4.69) is 14.6 Å². The molecule has 0 spiro atoms. The number of piperidine rings is 1. The second kappa shape index (κ2) is 7.93. The fraction of sp³-hybridized carbons (Fsp3) is 0.389. The molecule has 1 aliphatic heterocycles. The highest BCUT2D eigenvalue weighted by atomic mass is 32.2. The third-order valence-corrected chi connectivity index (χ3v) is 5.77. The van der Waals surface area contributed by atoms with E-state index in [0.717, 1.165) is 31.7 Å². The van der Waals surface area contributed by atoms with Crippen molar-refractivity contribution in [2.75, 3.05) is 24.5 Å². The first-order valence-electron chi connectivity index (χ1n) is 8.39. The zero-order valence-corrected chi connectivity index (χ0v) is 14.8. The van der Waals surface area contributed by atoms with E-state index in [1.807, 2.05) is 18.2 Å². The number of hydrogen-bond donors (Lipinski definition) is 1. The van der Waals surface area contributed by atoms with Crippen molar-refractivity contribution < 1.29 is 12.8 Å². The zero-order chi connectivity index (χ0) is 17.7. The molecular formula is C18H22FN3O2S. The maximum Gasteiger partial charge on any atom is 0.215 e. The molecule has 1 aromatic carbocycles. The van der Waals surface area contributed by atoms with Gasteiger partial charge in [-0.1, -0.05) is 18.2 Å². The molecule has 5 nitrogen and oxygen atoms in total. The summed E-state index contributed by atoms with van der Waals surface area (Å²) in [6.45, 7) is 2.20. The van der Waals surface area contributed by atoms with E-state index in [0.29, 0.717) is 18.0 Å². The Balaban J connectivity index is 1.46. The topological polar surface area (TPSA) is 62.3 Å². The number of aromatic nitrogens is 1. The molecule has 0 bridgehead atoms. The van der Waals surface area contributed by atoms with Crippen molar-refractivity contribution in [2.45, 2.75) is 18.6 Å². The molecule has 1 fully saturated rings. The van der Waals surface area contributed by atoms with Gasteiger partial charge in [-0.15, -0.1) is 0 Å². The third-order valence-electron chi connectivity index (χ3n) is 4.45. The highest BCUT2D eigenvalue weighted by Gasteiger charge is 2.22. The summed E-state index contributed by atoms with van der Waals surface area (Å²) in [4.78, 5) is 6.58. The quantitative estimate of drug-likeness (QED) is 0.857. The van der Waals surface area contributed by atoms with Gasteiger partial charge in [0.25, 0.3) is 0 Å². The number of nitrogens with zero attached hydrogens (tertiary/aromatic N) is 2. The second-order valence-corrected chi connectivity index (χ2v) is 8.16. The summed E-state index contributed by atoms with van der Waals surface area (Å²) >= 11 is 0. The van der Waals surface area contributed by atoms with Gasteiger partial charge in [-0.05, 0) is 48.6 Å². The molecule has 25 heavy (non-hydrogen) atoms. The van der Waals surface area contributed by atoms with Crippen LogP contribution in [-0.4, -0.2) is 33.0 Å². The predicted octanol–water partition coefficient (Wildman–Crippen LogP) is 2.56. The van der Waals surface area contributed by atoms with E-state index in [4.69, 9.17) is 0 Å². The van der Waals surface area contributed by atoms with Crippen LogP contribution in [0, 0.1) is 11.7 Å². The standard InChI is InChI=1S/C18H22FN3O2S/c19-17-6-4-16(5-7-17)14-25(23,24)21-13-15-8-11-22(12-9-15)18-3-1-2-10-20-18/h1-7,10,15,21H,8-9,11-14H2. The molecule has 0 saturated carbocycles. The molecule has 0 amide bonds. The lowest BCUT2D eigenvalue weighted by molar-refractivity contribution is 0.400. The summed E-state index contributed by atoms with van der Waals surface area (Å²) in [5.74, 6) is 0.801. The van der Waals surface area contributed by atoms with Crippen LogP contribution in [0.15, 0.2) is 48.7 Å². The van der Waals surface area contributed by atoms with Gasteiger partial charge < -0.3 is 4.90 Å². The van der Waals surface area contributed by atoms with E-state index < -0.39 is 10.0 Å². The fourth-order valence-corrected chi connectivity index (χ4v) is 4.23. The highest BCUT2D eigenvalue weighted by Crippen LogP contribution is 2.21. The first kappa shape index (κ1) is 17.8. The van der Waals surface area contributed by atoms with Crippen LogP contribution >= 0.6 is 0 Å². The fourth-order valence-electron chi connectivity index (χ4n) is 3.00. The number of halogens is 1. The summed E-state index contributed by atoms with van der Waals surface area (Å²) in [7, 11) is -3.41. The van der Waals surface area contributed by atoms with Gasteiger partial charge in [0.15, 0.2) is 0 Å². The second-order valence-electron chi connectivity index (χ2n) is 6.35. The monoisotopic (exact) mass is 363 g/mol. The molecule has 7 heteroatoms. The Bertz CT molecular complexity index is 774. The number of pyridine rings is 1. The summed E-state index contributed by atoms with van der Waals surface area (Å²) in [5, 5.41) is 0. The van der Waals surface area contributed by atoms with Gasteiger partial charge in [0.05, 0.1) is 5.75 Å². The first-order valence-corrected chi connectivity index (χ1v) is 10.0. The van der Waals surface area contributed by atoms with E-state index in [-0.39, 0.29) is 11.6 Å². The van der Waals surface area contributed by atoms with Gasteiger partial charge in [-0.2, -0.15) is 0 Å². The highest BCUT2D eigenvalue weighted by molar-refractivity contribution is 7.88. The van der Waals surface area contributed by atoms with Crippen LogP contribution in [0.4, 0.5) is 10.2 Å². The lowest BCUT2D eigenvalue weighted by Gasteiger charge is -2.32. The van der Waals surface area contributed by atoms with Crippen LogP contribution in [-0.2, 0) is 15.8 Å². The zero-order valence-electron chi connectivity index (χ0n) is 13.9. The molecule has 0 atom stereocenters. The van der Waals surface area contributed by atoms with Crippen LogP contribution < -0.4 is 9.62 Å². The maximum atomic E-state index is 12.9. The van der Waals surface area contributed by atoms with Crippen LogP contribution in [0.1, 0.15) is 18.4 Å². The molecular weight excluding hydrogens is 341 g/mol. The SMILES string of the molecule is O=S(=O)(Cc1ccc(F)cc1)NCC1CCN(c2ccccn2)CC1. The van der Waals surface area contributed by atoms with Crippen molar-refractivity contribution in [3.8, 4) is 0 Å². The van der Waals surface area contributed by atoms with Crippen LogP contribution in [0.2, 0.25) is 0 Å². The Hall–Kier alpha value is -1.99. The molecule has 1 saturated heterocycles. The number of hydrogen-bond acceptors (Lipinski definition) is 4. The molecule has 2 aromatic rings. The van der Waals surface area contributed by atoms with Gasteiger partial charge in [0.2, 0.25) is 10.0 Å². The van der Waals surface area contributed by atoms with Gasteiger partial charge in [-0.3, -0.25) is 0 Å². The predicted molar refractivity (Wildman–Crippen MR) is 96.2 cm³/mol. The Labute approximate surface area is 147 Å². The van der Waals surface area contributed by atoms with Crippen molar-refractivity contribution in [2.24, 2.45) is 5.92 Å². The van der Waals surface area contributed by atoms with E-state index in [1.165, 1.54) is 24.3 Å². The molecule has 1 aromatic heterocycles. The largest absolute Gasteiger partial charge is 0.357 e. The third kappa shape index (κ3) is 5.24. The Kier molecular flexibility index (Phi) is 5.65. The Morgan fingerprint density at radius 3 is 2.48 bits per heavy atom. The normalized spacial score (nSPS) is 16.1. The van der Waals surface area contributed by atoms with Crippen LogP contribution in [0.25, 0.3) is 0 Å². The minimum Gasteiger partial charge on any atom is -0.357 e. The minimum absolute atomic E-state index is 0.125. The molecule has 1 aliphatic rings. The van der Waals surface area contributed by atoms with E-state index >= 15 is 0 Å². The lowest BCUT2D eigenvalue weighted by Crippen LogP contribution is -2.39.